The summed E-state index contributed by atoms with van der Waals surface area (Å²) >= 11 is 0. The van der Waals surface area contributed by atoms with Gasteiger partial charge in [0.05, 0.1) is 5.69 Å². The standard InChI is InChI=1S/C7H11FN2.C3H8/c1-4-10-7(8)5(2)6(3)9-10;1-3-2/h4H2,1-3H3;3H2,1-2H3. The lowest BCUT2D eigenvalue weighted by Gasteiger charge is -1.93. The maximum Gasteiger partial charge on any atom is 0.214 e. The van der Waals surface area contributed by atoms with E-state index < -0.39 is 0 Å². The van der Waals surface area contributed by atoms with Crippen LogP contribution in [0.5, 0.6) is 0 Å². The Kier molecular flexibility index (Phi) is 5.35. The molecule has 0 aromatic carbocycles. The maximum absolute atomic E-state index is 12.9. The predicted molar refractivity (Wildman–Crippen MR) is 53.3 cm³/mol. The first-order chi connectivity index (χ1) is 6.08. The largest absolute Gasteiger partial charge is 0.239 e. The molecule has 0 saturated carbocycles. The number of hydrogen-bond donors (Lipinski definition) is 0. The van der Waals surface area contributed by atoms with Crippen LogP contribution < -0.4 is 0 Å². The van der Waals surface area contributed by atoms with E-state index in [2.05, 4.69) is 18.9 Å². The van der Waals surface area contributed by atoms with Crippen molar-refractivity contribution in [2.75, 3.05) is 0 Å². The Morgan fingerprint density at radius 3 is 1.85 bits per heavy atom. The molecule has 2 nitrogen and oxygen atoms in total. The zero-order chi connectivity index (χ0) is 10.4. The fourth-order valence-corrected chi connectivity index (χ4v) is 0.852. The van der Waals surface area contributed by atoms with Crippen molar-refractivity contribution >= 4 is 0 Å². The summed E-state index contributed by atoms with van der Waals surface area (Å²) in [5.41, 5.74) is 1.43. The summed E-state index contributed by atoms with van der Waals surface area (Å²) in [7, 11) is 0. The van der Waals surface area contributed by atoms with Crippen molar-refractivity contribution < 1.29 is 4.39 Å². The zero-order valence-electron chi connectivity index (χ0n) is 9.19. The van der Waals surface area contributed by atoms with Crippen LogP contribution in [0.15, 0.2) is 0 Å². The van der Waals surface area contributed by atoms with Gasteiger partial charge in [0.1, 0.15) is 0 Å². The lowest BCUT2D eigenvalue weighted by Crippen LogP contribution is -1.99. The zero-order valence-corrected chi connectivity index (χ0v) is 9.19. The minimum absolute atomic E-state index is 0.208. The van der Waals surface area contributed by atoms with E-state index in [1.54, 1.807) is 6.92 Å². The number of rotatable bonds is 1. The lowest BCUT2D eigenvalue weighted by molar-refractivity contribution is 0.466. The van der Waals surface area contributed by atoms with Gasteiger partial charge in [-0.25, -0.2) is 4.68 Å². The summed E-state index contributed by atoms with van der Waals surface area (Å²) in [5.74, 6) is -0.208. The summed E-state index contributed by atoms with van der Waals surface area (Å²) in [4.78, 5) is 0. The average molecular weight is 186 g/mol. The topological polar surface area (TPSA) is 17.8 Å². The second-order valence-corrected chi connectivity index (χ2v) is 3.02. The van der Waals surface area contributed by atoms with E-state index in [1.165, 1.54) is 11.1 Å². The Labute approximate surface area is 79.8 Å². The van der Waals surface area contributed by atoms with Crippen molar-refractivity contribution in [2.45, 2.75) is 47.6 Å². The van der Waals surface area contributed by atoms with Crippen LogP contribution in [0.1, 0.15) is 38.4 Å². The third kappa shape index (κ3) is 3.17. The second kappa shape index (κ2) is 5.73. The molecule has 3 heteroatoms. The predicted octanol–water partition coefficient (Wildman–Crippen LogP) is 3.08. The van der Waals surface area contributed by atoms with Crippen molar-refractivity contribution in [3.05, 3.63) is 17.2 Å². The summed E-state index contributed by atoms with van der Waals surface area (Å²) in [6.07, 6.45) is 1.25. The molecule has 1 rings (SSSR count). The molecule has 0 fully saturated rings. The fraction of sp³-hybridized carbons (Fsp3) is 0.700. The third-order valence-corrected chi connectivity index (χ3v) is 1.65. The van der Waals surface area contributed by atoms with E-state index in [9.17, 15) is 4.39 Å². The smallest absolute Gasteiger partial charge is 0.214 e. The van der Waals surface area contributed by atoms with Crippen LogP contribution in [0.4, 0.5) is 4.39 Å². The molecule has 76 valence electrons. The maximum atomic E-state index is 12.9. The molecular formula is C10H19FN2. The molecular weight excluding hydrogens is 167 g/mol. The van der Waals surface area contributed by atoms with Gasteiger partial charge in [0, 0.05) is 12.1 Å². The number of aromatic nitrogens is 2. The fourth-order valence-electron chi connectivity index (χ4n) is 0.852. The number of aryl methyl sites for hydroxylation is 2. The van der Waals surface area contributed by atoms with Crippen molar-refractivity contribution in [3.8, 4) is 0 Å². The Hall–Kier alpha value is -0.860. The Morgan fingerprint density at radius 1 is 1.23 bits per heavy atom. The summed E-state index contributed by atoms with van der Waals surface area (Å²) in [6.45, 7) is 10.3. The van der Waals surface area contributed by atoms with Crippen LogP contribution in [-0.4, -0.2) is 9.78 Å². The first kappa shape index (κ1) is 12.1. The molecule has 0 aliphatic rings. The quantitative estimate of drug-likeness (QED) is 0.659. The van der Waals surface area contributed by atoms with Crippen molar-refractivity contribution in [3.63, 3.8) is 0 Å². The normalized spacial score (nSPS) is 9.38. The van der Waals surface area contributed by atoms with Crippen molar-refractivity contribution in [2.24, 2.45) is 0 Å². The highest BCUT2D eigenvalue weighted by molar-refractivity contribution is 5.14. The molecule has 0 atom stereocenters. The van der Waals surface area contributed by atoms with Crippen LogP contribution >= 0.6 is 0 Å². The second-order valence-electron chi connectivity index (χ2n) is 3.02. The molecule has 0 bridgehead atoms. The third-order valence-electron chi connectivity index (χ3n) is 1.65. The molecule has 0 aliphatic heterocycles. The molecule has 0 radical (unpaired) electrons. The molecule has 0 unspecified atom stereocenters. The van der Waals surface area contributed by atoms with Gasteiger partial charge in [-0.1, -0.05) is 20.3 Å². The molecule has 0 spiro atoms. The summed E-state index contributed by atoms with van der Waals surface area (Å²) < 4.78 is 14.3. The van der Waals surface area contributed by atoms with Crippen LogP contribution in [0, 0.1) is 19.8 Å². The van der Waals surface area contributed by atoms with Crippen LogP contribution in [0.25, 0.3) is 0 Å². The van der Waals surface area contributed by atoms with Crippen molar-refractivity contribution in [1.82, 2.24) is 9.78 Å². The first-order valence-corrected chi connectivity index (χ1v) is 4.77. The SMILES string of the molecule is CCC.CCn1nc(C)c(C)c1F. The molecule has 13 heavy (non-hydrogen) atoms. The van der Waals surface area contributed by atoms with Gasteiger partial charge in [-0.2, -0.15) is 9.49 Å². The van der Waals surface area contributed by atoms with Gasteiger partial charge in [-0.3, -0.25) is 0 Å². The van der Waals surface area contributed by atoms with Gasteiger partial charge in [-0.15, -0.1) is 0 Å². The minimum atomic E-state index is -0.208. The first-order valence-electron chi connectivity index (χ1n) is 4.77. The molecule has 1 aromatic heterocycles. The van der Waals surface area contributed by atoms with Gasteiger partial charge in [0.2, 0.25) is 5.95 Å². The van der Waals surface area contributed by atoms with Crippen molar-refractivity contribution in [1.29, 1.82) is 0 Å². The van der Waals surface area contributed by atoms with E-state index in [-0.39, 0.29) is 5.95 Å². The Balaban J connectivity index is 0.000000424. The van der Waals surface area contributed by atoms with Gasteiger partial charge in [0.25, 0.3) is 0 Å². The molecule has 1 aromatic rings. The highest BCUT2D eigenvalue weighted by Crippen LogP contribution is 2.09. The molecule has 0 saturated heterocycles. The highest BCUT2D eigenvalue weighted by atomic mass is 19.1. The lowest BCUT2D eigenvalue weighted by atomic mass is 10.3. The monoisotopic (exact) mass is 186 g/mol. The van der Waals surface area contributed by atoms with E-state index >= 15 is 0 Å². The van der Waals surface area contributed by atoms with Crippen LogP contribution in [0.2, 0.25) is 0 Å². The molecule has 0 aliphatic carbocycles. The van der Waals surface area contributed by atoms with E-state index in [0.717, 1.165) is 5.69 Å². The van der Waals surface area contributed by atoms with E-state index in [4.69, 9.17) is 0 Å². The molecule has 0 N–H and O–H groups in total. The van der Waals surface area contributed by atoms with Gasteiger partial charge in [0.15, 0.2) is 0 Å². The number of halogens is 1. The van der Waals surface area contributed by atoms with Crippen LogP contribution in [0.3, 0.4) is 0 Å². The number of hydrogen-bond acceptors (Lipinski definition) is 1. The van der Waals surface area contributed by atoms with Gasteiger partial charge in [-0.05, 0) is 20.8 Å². The average Bonchev–Trinajstić information content (AvgIpc) is 2.34. The minimum Gasteiger partial charge on any atom is -0.239 e. The summed E-state index contributed by atoms with van der Waals surface area (Å²) in [6, 6.07) is 0. The summed E-state index contributed by atoms with van der Waals surface area (Å²) in [5, 5.41) is 3.97. The Morgan fingerprint density at radius 2 is 1.69 bits per heavy atom. The van der Waals surface area contributed by atoms with E-state index in [1.807, 2.05) is 13.8 Å². The van der Waals surface area contributed by atoms with E-state index in [0.29, 0.717) is 12.1 Å². The van der Waals surface area contributed by atoms with Gasteiger partial charge < -0.3 is 0 Å². The number of nitrogens with zero attached hydrogens (tertiary/aromatic N) is 2. The molecule has 0 amide bonds. The van der Waals surface area contributed by atoms with Gasteiger partial charge >= 0.3 is 0 Å². The molecule has 1 heterocycles. The van der Waals surface area contributed by atoms with Crippen LogP contribution in [-0.2, 0) is 6.54 Å². The Bertz CT molecular complexity index is 254. The highest BCUT2D eigenvalue weighted by Gasteiger charge is 2.07.